The lowest BCUT2D eigenvalue weighted by atomic mass is 10.1. The van der Waals surface area contributed by atoms with Crippen molar-refractivity contribution in [1.29, 1.82) is 0 Å². The first-order chi connectivity index (χ1) is 12.3. The molecule has 1 atom stereocenters. The van der Waals surface area contributed by atoms with Gasteiger partial charge in [0, 0.05) is 12.6 Å². The quantitative estimate of drug-likeness (QED) is 0.380. The van der Waals surface area contributed by atoms with E-state index < -0.39 is 0 Å². The molecule has 25 heavy (non-hydrogen) atoms. The summed E-state index contributed by atoms with van der Waals surface area (Å²) < 4.78 is 5.80. The molecular weight excluding hydrogens is 327 g/mol. The minimum Gasteiger partial charge on any atom is -0.457 e. The average molecular weight is 352 g/mol. The van der Waals surface area contributed by atoms with Gasteiger partial charge in [-0.15, -0.1) is 0 Å². The second kappa shape index (κ2) is 9.53. The van der Waals surface area contributed by atoms with E-state index in [1.807, 2.05) is 42.5 Å². The summed E-state index contributed by atoms with van der Waals surface area (Å²) in [6.07, 6.45) is 7.06. The van der Waals surface area contributed by atoms with Gasteiger partial charge in [-0.25, -0.2) is 0 Å². The first kappa shape index (κ1) is 17.9. The number of Topliss-reactive ketones (excluding diaryl/α,β-unsaturated/α-hetero) is 1. The third-order valence-electron chi connectivity index (χ3n) is 4.22. The molecule has 1 unspecified atom stereocenters. The van der Waals surface area contributed by atoms with E-state index in [0.717, 1.165) is 43.3 Å². The van der Waals surface area contributed by atoms with Crippen LogP contribution in [0.2, 0.25) is 0 Å². The highest BCUT2D eigenvalue weighted by Gasteiger charge is 2.10. The van der Waals surface area contributed by atoms with Gasteiger partial charge < -0.3 is 4.74 Å². The summed E-state index contributed by atoms with van der Waals surface area (Å²) in [5.41, 5.74) is 2.85. The molecule has 0 amide bonds. The van der Waals surface area contributed by atoms with Crippen LogP contribution in [0.25, 0.3) is 0 Å². The summed E-state index contributed by atoms with van der Waals surface area (Å²) in [7, 11) is 0.701. The largest absolute Gasteiger partial charge is 0.457 e. The molecule has 0 N–H and O–H groups in total. The molecule has 1 saturated carbocycles. The fraction of sp³-hybridized carbons (Fsp3) is 0.318. The van der Waals surface area contributed by atoms with Gasteiger partial charge in [0.25, 0.3) is 0 Å². The van der Waals surface area contributed by atoms with Crippen LogP contribution < -0.4 is 4.74 Å². The number of allylic oxidation sites excluding steroid dienone is 1. The van der Waals surface area contributed by atoms with Crippen LogP contribution in [0.1, 0.15) is 37.7 Å². The van der Waals surface area contributed by atoms with Crippen LogP contribution >= 0.6 is 8.58 Å². The predicted molar refractivity (Wildman–Crippen MR) is 106 cm³/mol. The Morgan fingerprint density at radius 1 is 0.960 bits per heavy atom. The summed E-state index contributed by atoms with van der Waals surface area (Å²) in [5, 5.41) is 0. The zero-order valence-corrected chi connectivity index (χ0v) is 15.5. The van der Waals surface area contributed by atoms with Crippen LogP contribution in [-0.2, 0) is 11.2 Å². The van der Waals surface area contributed by atoms with Gasteiger partial charge in [0.1, 0.15) is 17.3 Å². The number of benzene rings is 2. The Morgan fingerprint density at radius 3 is 2.40 bits per heavy atom. The van der Waals surface area contributed by atoms with Crippen molar-refractivity contribution in [1.82, 2.24) is 0 Å². The molecule has 1 aliphatic carbocycles. The van der Waals surface area contributed by atoms with Crippen molar-refractivity contribution in [2.45, 2.75) is 38.5 Å². The number of hydrogen-bond donors (Lipinski definition) is 0. The Bertz CT molecular complexity index is 699. The van der Waals surface area contributed by atoms with Crippen LogP contribution in [-0.4, -0.2) is 11.9 Å². The second-order valence-corrected chi connectivity index (χ2v) is 7.54. The van der Waals surface area contributed by atoms with E-state index in [0.29, 0.717) is 14.4 Å². The first-order valence-corrected chi connectivity index (χ1v) is 10.3. The number of carbonyl (C=O) groups excluding carboxylic acids is 1. The van der Waals surface area contributed by atoms with Crippen molar-refractivity contribution in [3.63, 3.8) is 0 Å². The Morgan fingerprint density at radius 2 is 1.68 bits per heavy atom. The minimum atomic E-state index is 0.419. The lowest BCUT2D eigenvalue weighted by molar-refractivity contribution is -0.116. The molecule has 3 heteroatoms. The number of unbranched alkanes of at least 4 members (excludes halogenated alkanes) is 1. The van der Waals surface area contributed by atoms with Crippen LogP contribution in [0.15, 0.2) is 66.0 Å². The SMILES string of the molecule is O=C(CCCCc1ccc(Oc2ccccc2)cc1)CPC=C1CC1. The number of carbonyl (C=O) groups is 1. The molecule has 0 aromatic heterocycles. The molecule has 2 aromatic carbocycles. The summed E-state index contributed by atoms with van der Waals surface area (Å²) >= 11 is 0. The van der Waals surface area contributed by atoms with E-state index in [9.17, 15) is 4.79 Å². The van der Waals surface area contributed by atoms with Crippen molar-refractivity contribution in [2.24, 2.45) is 0 Å². The zero-order valence-electron chi connectivity index (χ0n) is 14.5. The average Bonchev–Trinajstić information content (AvgIpc) is 3.45. The molecule has 1 aliphatic rings. The molecule has 2 aromatic rings. The van der Waals surface area contributed by atoms with E-state index in [2.05, 4.69) is 17.9 Å². The van der Waals surface area contributed by atoms with Gasteiger partial charge in [0.15, 0.2) is 0 Å². The smallest absolute Gasteiger partial charge is 0.137 e. The van der Waals surface area contributed by atoms with E-state index in [1.165, 1.54) is 18.4 Å². The van der Waals surface area contributed by atoms with E-state index in [1.54, 1.807) is 5.57 Å². The van der Waals surface area contributed by atoms with Crippen LogP contribution in [0.4, 0.5) is 0 Å². The second-order valence-electron chi connectivity index (χ2n) is 6.49. The fourth-order valence-electron chi connectivity index (χ4n) is 2.61. The third kappa shape index (κ3) is 6.84. The summed E-state index contributed by atoms with van der Waals surface area (Å²) in [4.78, 5) is 11.8. The number of hydrogen-bond acceptors (Lipinski definition) is 2. The maximum absolute atomic E-state index is 11.8. The Kier molecular flexibility index (Phi) is 6.82. The van der Waals surface area contributed by atoms with Gasteiger partial charge in [-0.3, -0.25) is 4.79 Å². The molecule has 130 valence electrons. The number of aryl methyl sites for hydroxylation is 1. The first-order valence-electron chi connectivity index (χ1n) is 9.04. The van der Waals surface area contributed by atoms with Crippen molar-refractivity contribution >= 4 is 14.4 Å². The number of rotatable bonds is 10. The van der Waals surface area contributed by atoms with Gasteiger partial charge in [-0.05, 0) is 61.9 Å². The van der Waals surface area contributed by atoms with Crippen molar-refractivity contribution in [3.05, 3.63) is 71.6 Å². The Balaban J connectivity index is 1.33. The summed E-state index contributed by atoms with van der Waals surface area (Å²) in [5.74, 6) is 4.40. The molecule has 0 heterocycles. The molecule has 0 radical (unpaired) electrons. The van der Waals surface area contributed by atoms with Gasteiger partial charge >= 0.3 is 0 Å². The van der Waals surface area contributed by atoms with E-state index in [-0.39, 0.29) is 0 Å². The van der Waals surface area contributed by atoms with Gasteiger partial charge in [-0.2, -0.15) is 0 Å². The molecule has 0 aliphatic heterocycles. The zero-order chi connectivity index (χ0) is 17.3. The lowest BCUT2D eigenvalue weighted by Gasteiger charge is -2.07. The van der Waals surface area contributed by atoms with Gasteiger partial charge in [0.2, 0.25) is 0 Å². The fourth-order valence-corrected chi connectivity index (χ4v) is 3.70. The molecule has 3 rings (SSSR count). The topological polar surface area (TPSA) is 26.3 Å². The Hall–Kier alpha value is -1.92. The van der Waals surface area contributed by atoms with Crippen molar-refractivity contribution in [3.8, 4) is 11.5 Å². The van der Waals surface area contributed by atoms with E-state index in [4.69, 9.17) is 4.74 Å². The standard InChI is InChI=1S/C22H25O2P/c23-20(17-25-16-19-10-11-19)7-5-4-6-18-12-14-22(15-13-18)24-21-8-2-1-3-9-21/h1-3,8-9,12-16,25H,4-7,10-11,17H2. The van der Waals surface area contributed by atoms with Crippen LogP contribution in [0.5, 0.6) is 11.5 Å². The van der Waals surface area contributed by atoms with Crippen molar-refractivity contribution < 1.29 is 9.53 Å². The normalized spacial score (nSPS) is 13.2. The van der Waals surface area contributed by atoms with E-state index >= 15 is 0 Å². The highest BCUT2D eigenvalue weighted by Crippen LogP contribution is 2.32. The molecule has 0 spiro atoms. The van der Waals surface area contributed by atoms with Crippen LogP contribution in [0, 0.1) is 0 Å². The summed E-state index contributed by atoms with van der Waals surface area (Å²) in [6, 6.07) is 18.1. The highest BCUT2D eigenvalue weighted by atomic mass is 31.1. The van der Waals surface area contributed by atoms with Crippen molar-refractivity contribution in [2.75, 3.05) is 6.16 Å². The molecule has 0 bridgehead atoms. The predicted octanol–water partition coefficient (Wildman–Crippen LogP) is 6.12. The molecule has 2 nitrogen and oxygen atoms in total. The van der Waals surface area contributed by atoms with Gasteiger partial charge in [0.05, 0.1) is 0 Å². The Labute approximate surface area is 152 Å². The number of para-hydroxylation sites is 1. The van der Waals surface area contributed by atoms with Gasteiger partial charge in [-0.1, -0.05) is 50.3 Å². The third-order valence-corrected chi connectivity index (χ3v) is 5.43. The number of ether oxygens (including phenoxy) is 1. The monoisotopic (exact) mass is 352 g/mol. The lowest BCUT2D eigenvalue weighted by Crippen LogP contribution is -1.99. The minimum absolute atomic E-state index is 0.419. The molecule has 0 saturated heterocycles. The van der Waals surface area contributed by atoms with Crippen LogP contribution in [0.3, 0.4) is 0 Å². The molecule has 1 fully saturated rings. The highest BCUT2D eigenvalue weighted by molar-refractivity contribution is 7.42. The molecular formula is C22H25O2P. The maximum atomic E-state index is 11.8. The maximum Gasteiger partial charge on any atom is 0.137 e. The number of ketones is 1. The summed E-state index contributed by atoms with van der Waals surface area (Å²) in [6.45, 7) is 0.